The third-order valence-corrected chi connectivity index (χ3v) is 5.65. The fourth-order valence-electron chi connectivity index (χ4n) is 3.08. The lowest BCUT2D eigenvalue weighted by Crippen LogP contribution is -2.31. The summed E-state index contributed by atoms with van der Waals surface area (Å²) in [5.74, 6) is -0.687. The summed E-state index contributed by atoms with van der Waals surface area (Å²) in [6.07, 6.45) is 0.333. The number of imide groups is 1. The maximum absolute atomic E-state index is 12.5. The molecule has 152 valence electrons. The minimum Gasteiger partial charge on any atom is -0.496 e. The van der Waals surface area contributed by atoms with Crippen molar-refractivity contribution in [2.75, 3.05) is 19.0 Å². The highest BCUT2D eigenvalue weighted by Gasteiger charge is 2.34. The minimum atomic E-state index is -0.433. The number of benzene rings is 2. The van der Waals surface area contributed by atoms with Crippen LogP contribution in [-0.2, 0) is 6.42 Å². The normalized spacial score (nSPS) is 12.8. The van der Waals surface area contributed by atoms with Gasteiger partial charge in [0.1, 0.15) is 10.8 Å². The molecule has 0 fully saturated rings. The summed E-state index contributed by atoms with van der Waals surface area (Å²) in [5.41, 5.74) is 1.08. The molecular formula is C20H15ClN4O4S. The summed E-state index contributed by atoms with van der Waals surface area (Å²) < 4.78 is 5.19. The van der Waals surface area contributed by atoms with Gasteiger partial charge in [0.25, 0.3) is 17.7 Å². The average Bonchev–Trinajstić information content (AvgIpc) is 3.29. The zero-order valence-electron chi connectivity index (χ0n) is 15.7. The number of fused-ring (bicyclic) bond motifs is 1. The third-order valence-electron chi connectivity index (χ3n) is 4.52. The molecule has 3 amide bonds. The smallest absolute Gasteiger partial charge is 0.261 e. The zero-order chi connectivity index (χ0) is 21.3. The highest BCUT2D eigenvalue weighted by atomic mass is 35.5. The molecule has 0 aliphatic carbocycles. The van der Waals surface area contributed by atoms with Crippen LogP contribution in [-0.4, -0.2) is 46.5 Å². The van der Waals surface area contributed by atoms with Crippen LogP contribution in [0.3, 0.4) is 0 Å². The van der Waals surface area contributed by atoms with Crippen molar-refractivity contribution in [1.82, 2.24) is 15.1 Å². The van der Waals surface area contributed by atoms with Gasteiger partial charge in [-0.1, -0.05) is 35.1 Å². The number of carbonyl (C=O) groups excluding carboxylic acids is 3. The van der Waals surface area contributed by atoms with Crippen molar-refractivity contribution in [3.8, 4) is 5.75 Å². The van der Waals surface area contributed by atoms with E-state index in [9.17, 15) is 14.4 Å². The number of ether oxygens (including phenoxy) is 1. The molecule has 0 unspecified atom stereocenters. The quantitative estimate of drug-likeness (QED) is 0.588. The van der Waals surface area contributed by atoms with Crippen LogP contribution in [0.1, 0.15) is 36.1 Å². The first-order valence-electron chi connectivity index (χ1n) is 8.90. The maximum atomic E-state index is 12.5. The Morgan fingerprint density at radius 2 is 1.83 bits per heavy atom. The summed E-state index contributed by atoms with van der Waals surface area (Å²) in [5, 5.41) is 11.9. The number of aromatic nitrogens is 2. The number of amides is 3. The van der Waals surface area contributed by atoms with Crippen LogP contribution in [0.4, 0.5) is 5.13 Å². The van der Waals surface area contributed by atoms with E-state index >= 15 is 0 Å². The number of nitrogens with one attached hydrogen (secondary N) is 1. The summed E-state index contributed by atoms with van der Waals surface area (Å²) in [6, 6.07) is 11.4. The van der Waals surface area contributed by atoms with Crippen LogP contribution in [0.5, 0.6) is 5.75 Å². The monoisotopic (exact) mass is 442 g/mol. The molecule has 1 aromatic heterocycles. The predicted octanol–water partition coefficient (Wildman–Crippen LogP) is 3.29. The number of hydrogen-bond acceptors (Lipinski definition) is 7. The first kappa shape index (κ1) is 20.0. The number of carbonyl (C=O) groups is 3. The number of hydrogen-bond donors (Lipinski definition) is 1. The minimum absolute atomic E-state index is 0.178. The van der Waals surface area contributed by atoms with Crippen molar-refractivity contribution in [2.24, 2.45) is 0 Å². The van der Waals surface area contributed by atoms with Gasteiger partial charge in [0.15, 0.2) is 0 Å². The molecule has 0 saturated heterocycles. The van der Waals surface area contributed by atoms with Crippen LogP contribution in [0.2, 0.25) is 5.02 Å². The SMILES string of the molecule is COc1ccc(Cl)cc1C(=O)Nc1nnc(CCN2C(=O)c3ccccc3C2=O)s1. The fraction of sp³-hybridized carbons (Fsp3) is 0.150. The van der Waals surface area contributed by atoms with Gasteiger partial charge >= 0.3 is 0 Å². The van der Waals surface area contributed by atoms with E-state index in [0.717, 1.165) is 0 Å². The van der Waals surface area contributed by atoms with Crippen LogP contribution in [0.15, 0.2) is 42.5 Å². The molecule has 0 saturated carbocycles. The fourth-order valence-corrected chi connectivity index (χ4v) is 3.97. The van der Waals surface area contributed by atoms with Gasteiger partial charge in [-0.2, -0.15) is 0 Å². The molecule has 3 aromatic rings. The molecule has 1 N–H and O–H groups in total. The lowest BCUT2D eigenvalue weighted by atomic mass is 10.1. The largest absolute Gasteiger partial charge is 0.496 e. The molecule has 0 spiro atoms. The predicted molar refractivity (Wildman–Crippen MR) is 111 cm³/mol. The van der Waals surface area contributed by atoms with Gasteiger partial charge in [0.05, 0.1) is 23.8 Å². The van der Waals surface area contributed by atoms with Gasteiger partial charge in [-0.15, -0.1) is 10.2 Å². The van der Waals surface area contributed by atoms with Gasteiger partial charge in [-0.25, -0.2) is 0 Å². The van der Waals surface area contributed by atoms with Crippen LogP contribution >= 0.6 is 22.9 Å². The van der Waals surface area contributed by atoms with E-state index in [1.165, 1.54) is 29.4 Å². The van der Waals surface area contributed by atoms with Crippen molar-refractivity contribution in [3.63, 3.8) is 0 Å². The molecule has 4 rings (SSSR count). The molecule has 30 heavy (non-hydrogen) atoms. The molecule has 0 atom stereocenters. The van der Waals surface area contributed by atoms with Crippen molar-refractivity contribution in [3.05, 3.63) is 69.2 Å². The molecular weight excluding hydrogens is 428 g/mol. The van der Waals surface area contributed by atoms with Crippen molar-refractivity contribution >= 4 is 45.8 Å². The highest BCUT2D eigenvalue weighted by Crippen LogP contribution is 2.26. The molecule has 10 heteroatoms. The highest BCUT2D eigenvalue weighted by molar-refractivity contribution is 7.15. The Hall–Kier alpha value is -3.30. The van der Waals surface area contributed by atoms with Gasteiger partial charge in [-0.3, -0.25) is 24.6 Å². The van der Waals surface area contributed by atoms with E-state index in [2.05, 4.69) is 15.5 Å². The third kappa shape index (κ3) is 3.77. The Labute approximate surface area is 180 Å². The van der Waals surface area contributed by atoms with Gasteiger partial charge in [0.2, 0.25) is 5.13 Å². The van der Waals surface area contributed by atoms with Crippen LogP contribution < -0.4 is 10.1 Å². The van der Waals surface area contributed by atoms with Gasteiger partial charge < -0.3 is 4.74 Å². The topological polar surface area (TPSA) is 101 Å². The Kier molecular flexibility index (Phi) is 5.47. The Bertz CT molecular complexity index is 1130. The number of nitrogens with zero attached hydrogens (tertiary/aromatic N) is 3. The van der Waals surface area contributed by atoms with E-state index in [1.807, 2.05) is 0 Å². The first-order chi connectivity index (χ1) is 14.5. The molecule has 1 aliphatic heterocycles. The van der Waals surface area contributed by atoms with E-state index < -0.39 is 5.91 Å². The summed E-state index contributed by atoms with van der Waals surface area (Å²) in [4.78, 5) is 38.6. The van der Waals surface area contributed by atoms with E-state index in [0.29, 0.717) is 38.5 Å². The summed E-state index contributed by atoms with van der Waals surface area (Å²) in [7, 11) is 1.46. The molecule has 8 nitrogen and oxygen atoms in total. The average molecular weight is 443 g/mol. The van der Waals surface area contributed by atoms with E-state index in [-0.39, 0.29) is 23.9 Å². The second kappa shape index (κ2) is 8.21. The Balaban J connectivity index is 1.41. The number of methoxy groups -OCH3 is 1. The maximum Gasteiger partial charge on any atom is 0.261 e. The summed E-state index contributed by atoms with van der Waals surface area (Å²) >= 11 is 7.13. The van der Waals surface area contributed by atoms with E-state index in [4.69, 9.17) is 16.3 Å². The summed E-state index contributed by atoms with van der Waals surface area (Å²) in [6.45, 7) is 0.178. The molecule has 2 aromatic carbocycles. The molecule has 2 heterocycles. The number of rotatable bonds is 6. The first-order valence-corrected chi connectivity index (χ1v) is 10.1. The number of halogens is 1. The standard InChI is InChI=1S/C20H15ClN4O4S/c1-29-15-7-6-11(21)10-14(15)17(26)22-20-24-23-16(30-20)8-9-25-18(27)12-4-2-3-5-13(12)19(25)28/h2-7,10H,8-9H2,1H3,(H,22,24,26). The second-order valence-electron chi connectivity index (χ2n) is 6.36. The molecule has 0 bridgehead atoms. The lowest BCUT2D eigenvalue weighted by molar-refractivity contribution is 0.0655. The Morgan fingerprint density at radius 1 is 1.13 bits per heavy atom. The van der Waals surface area contributed by atoms with Crippen molar-refractivity contribution in [1.29, 1.82) is 0 Å². The van der Waals surface area contributed by atoms with Crippen LogP contribution in [0.25, 0.3) is 0 Å². The number of anilines is 1. The van der Waals surface area contributed by atoms with Gasteiger partial charge in [0, 0.05) is 18.0 Å². The Morgan fingerprint density at radius 3 is 2.50 bits per heavy atom. The van der Waals surface area contributed by atoms with Crippen molar-refractivity contribution in [2.45, 2.75) is 6.42 Å². The molecule has 1 aliphatic rings. The molecule has 0 radical (unpaired) electrons. The lowest BCUT2D eigenvalue weighted by Gasteiger charge is -2.12. The van der Waals surface area contributed by atoms with Gasteiger partial charge in [-0.05, 0) is 30.3 Å². The van der Waals surface area contributed by atoms with E-state index in [1.54, 1.807) is 36.4 Å². The zero-order valence-corrected chi connectivity index (χ0v) is 17.3. The second-order valence-corrected chi connectivity index (χ2v) is 7.86. The van der Waals surface area contributed by atoms with Crippen molar-refractivity contribution < 1.29 is 19.1 Å². The van der Waals surface area contributed by atoms with Crippen LogP contribution in [0, 0.1) is 0 Å².